The molecular weight excluding hydrogens is 320 g/mol. The summed E-state index contributed by atoms with van der Waals surface area (Å²) in [5.74, 6) is 1.44. The molecule has 3 aromatic rings. The Morgan fingerprint density at radius 1 is 1.36 bits per heavy atom. The minimum Gasteiger partial charge on any atom is -0.367 e. The van der Waals surface area contributed by atoms with Crippen molar-refractivity contribution in [1.29, 1.82) is 0 Å². The predicted molar refractivity (Wildman–Crippen MR) is 91.3 cm³/mol. The summed E-state index contributed by atoms with van der Waals surface area (Å²) in [5, 5.41) is 7.04. The molecule has 0 bridgehead atoms. The van der Waals surface area contributed by atoms with Gasteiger partial charge in [-0.3, -0.25) is 19.2 Å². The molecule has 25 heavy (non-hydrogen) atoms. The number of morpholine rings is 1. The van der Waals surface area contributed by atoms with Crippen molar-refractivity contribution in [2.45, 2.75) is 26.5 Å². The van der Waals surface area contributed by atoms with Crippen LogP contribution in [0.4, 0.5) is 0 Å². The van der Waals surface area contributed by atoms with Crippen LogP contribution in [0.15, 0.2) is 29.2 Å². The van der Waals surface area contributed by atoms with Crippen molar-refractivity contribution in [2.75, 3.05) is 19.7 Å². The zero-order valence-electron chi connectivity index (χ0n) is 14.3. The Kier molecular flexibility index (Phi) is 4.06. The van der Waals surface area contributed by atoms with Gasteiger partial charge in [0.25, 0.3) is 5.56 Å². The lowest BCUT2D eigenvalue weighted by Gasteiger charge is -2.31. The van der Waals surface area contributed by atoms with Crippen LogP contribution in [0.25, 0.3) is 5.65 Å². The highest BCUT2D eigenvalue weighted by Crippen LogP contribution is 2.20. The van der Waals surface area contributed by atoms with Gasteiger partial charge < -0.3 is 4.74 Å². The van der Waals surface area contributed by atoms with Crippen molar-refractivity contribution < 1.29 is 4.74 Å². The molecule has 0 aromatic carbocycles. The smallest absolute Gasteiger partial charge is 0.258 e. The van der Waals surface area contributed by atoms with E-state index >= 15 is 0 Å². The molecule has 0 amide bonds. The molecule has 1 aliphatic heterocycles. The van der Waals surface area contributed by atoms with E-state index in [1.807, 2.05) is 26.0 Å². The van der Waals surface area contributed by atoms with Gasteiger partial charge in [-0.05, 0) is 25.5 Å². The Bertz CT molecular complexity index is 963. The van der Waals surface area contributed by atoms with Gasteiger partial charge in [0.1, 0.15) is 17.6 Å². The third-order valence-electron chi connectivity index (χ3n) is 4.38. The molecule has 0 spiro atoms. The number of fused-ring (bicyclic) bond motifs is 1. The molecule has 1 saturated heterocycles. The van der Waals surface area contributed by atoms with Gasteiger partial charge >= 0.3 is 0 Å². The van der Waals surface area contributed by atoms with E-state index in [9.17, 15) is 4.79 Å². The van der Waals surface area contributed by atoms with Crippen molar-refractivity contribution in [3.05, 3.63) is 57.7 Å². The zero-order valence-corrected chi connectivity index (χ0v) is 14.3. The summed E-state index contributed by atoms with van der Waals surface area (Å²) < 4.78 is 7.37. The molecule has 0 saturated carbocycles. The molecule has 0 aliphatic carbocycles. The van der Waals surface area contributed by atoms with E-state index in [0.29, 0.717) is 31.2 Å². The minimum atomic E-state index is -0.165. The predicted octanol–water partition coefficient (Wildman–Crippen LogP) is 1.00. The molecule has 1 unspecified atom stereocenters. The van der Waals surface area contributed by atoms with Gasteiger partial charge in [-0.1, -0.05) is 6.07 Å². The number of nitrogens with zero attached hydrogens (tertiary/aromatic N) is 5. The number of nitrogens with one attached hydrogen (secondary N) is 1. The summed E-state index contributed by atoms with van der Waals surface area (Å²) in [6.07, 6.45) is 1.58. The summed E-state index contributed by atoms with van der Waals surface area (Å²) in [6.45, 7) is 6.49. The summed E-state index contributed by atoms with van der Waals surface area (Å²) in [6, 6.07) is 5.42. The van der Waals surface area contributed by atoms with E-state index < -0.39 is 0 Å². The van der Waals surface area contributed by atoms with Gasteiger partial charge in [-0.2, -0.15) is 5.10 Å². The third-order valence-corrected chi connectivity index (χ3v) is 4.38. The number of pyridine rings is 1. The van der Waals surface area contributed by atoms with Crippen molar-refractivity contribution in [3.63, 3.8) is 0 Å². The van der Waals surface area contributed by atoms with E-state index in [2.05, 4.69) is 25.1 Å². The molecule has 8 nitrogen and oxygen atoms in total. The topological polar surface area (TPSA) is 88.4 Å². The Morgan fingerprint density at radius 2 is 2.24 bits per heavy atom. The molecule has 1 N–H and O–H groups in total. The van der Waals surface area contributed by atoms with Crippen LogP contribution in [0.1, 0.15) is 29.0 Å². The van der Waals surface area contributed by atoms with E-state index in [1.54, 1.807) is 16.7 Å². The SMILES string of the molecule is Cc1nc(C2CN(Cc3cc(=O)n4cccc(C)c4n3)CCO2)n[nH]1. The summed E-state index contributed by atoms with van der Waals surface area (Å²) in [4.78, 5) is 23.6. The number of hydrogen-bond donors (Lipinski definition) is 1. The highest BCUT2D eigenvalue weighted by molar-refractivity contribution is 5.46. The molecule has 8 heteroatoms. The maximum absolute atomic E-state index is 12.3. The second kappa shape index (κ2) is 6.38. The summed E-state index contributed by atoms with van der Waals surface area (Å²) in [5.41, 5.74) is 2.40. The Morgan fingerprint density at radius 3 is 3.04 bits per heavy atom. The number of rotatable bonds is 3. The van der Waals surface area contributed by atoms with Crippen LogP contribution in [0, 0.1) is 13.8 Å². The van der Waals surface area contributed by atoms with Gasteiger partial charge in [-0.25, -0.2) is 9.97 Å². The second-order valence-corrected chi connectivity index (χ2v) is 6.34. The van der Waals surface area contributed by atoms with Gasteiger partial charge in [-0.15, -0.1) is 0 Å². The fraction of sp³-hybridized carbons (Fsp3) is 0.412. The standard InChI is InChI=1S/C17H20N6O2/c1-11-4-3-5-23-15(24)8-13(19-17(11)23)9-22-6-7-25-14(10-22)16-18-12(2)20-21-16/h3-5,8,14H,6-7,9-10H2,1-2H3,(H,18,20,21). The lowest BCUT2D eigenvalue weighted by Crippen LogP contribution is -2.38. The first-order chi connectivity index (χ1) is 12.1. The zero-order chi connectivity index (χ0) is 17.4. The molecule has 1 fully saturated rings. The number of aromatic amines is 1. The molecular formula is C17H20N6O2. The molecule has 1 aliphatic rings. The first-order valence-electron chi connectivity index (χ1n) is 8.31. The van der Waals surface area contributed by atoms with Crippen molar-refractivity contribution in [2.24, 2.45) is 0 Å². The largest absolute Gasteiger partial charge is 0.367 e. The molecule has 4 heterocycles. The van der Waals surface area contributed by atoms with E-state index in [0.717, 1.165) is 23.6 Å². The van der Waals surface area contributed by atoms with Crippen LogP contribution in [0.5, 0.6) is 0 Å². The Labute approximate surface area is 144 Å². The third kappa shape index (κ3) is 3.18. The lowest BCUT2D eigenvalue weighted by molar-refractivity contribution is -0.0374. The first-order valence-corrected chi connectivity index (χ1v) is 8.31. The van der Waals surface area contributed by atoms with Gasteiger partial charge in [0.05, 0.1) is 12.3 Å². The minimum absolute atomic E-state index is 0.0573. The maximum Gasteiger partial charge on any atom is 0.258 e. The van der Waals surface area contributed by atoms with Gasteiger partial charge in [0.15, 0.2) is 5.82 Å². The Balaban J connectivity index is 1.56. The monoisotopic (exact) mass is 340 g/mol. The van der Waals surface area contributed by atoms with E-state index in [4.69, 9.17) is 4.74 Å². The van der Waals surface area contributed by atoms with Crippen LogP contribution in [-0.4, -0.2) is 49.2 Å². The van der Waals surface area contributed by atoms with Crippen LogP contribution < -0.4 is 5.56 Å². The number of aromatic nitrogens is 5. The van der Waals surface area contributed by atoms with E-state index in [1.165, 1.54) is 0 Å². The first kappa shape index (κ1) is 15.9. The maximum atomic E-state index is 12.3. The summed E-state index contributed by atoms with van der Waals surface area (Å²) in [7, 11) is 0. The lowest BCUT2D eigenvalue weighted by atomic mass is 10.2. The van der Waals surface area contributed by atoms with Crippen molar-refractivity contribution >= 4 is 5.65 Å². The fourth-order valence-electron chi connectivity index (χ4n) is 3.13. The normalized spacial score (nSPS) is 18.7. The average Bonchev–Trinajstić information content (AvgIpc) is 3.03. The van der Waals surface area contributed by atoms with Crippen molar-refractivity contribution in [1.82, 2.24) is 29.5 Å². The highest BCUT2D eigenvalue weighted by atomic mass is 16.5. The molecule has 1 atom stereocenters. The fourth-order valence-corrected chi connectivity index (χ4v) is 3.13. The molecule has 130 valence electrons. The summed E-state index contributed by atoms with van der Waals surface area (Å²) >= 11 is 0. The number of aryl methyl sites for hydroxylation is 2. The number of hydrogen-bond acceptors (Lipinski definition) is 6. The van der Waals surface area contributed by atoms with Crippen molar-refractivity contribution in [3.8, 4) is 0 Å². The van der Waals surface area contributed by atoms with Crippen LogP contribution in [-0.2, 0) is 11.3 Å². The van der Waals surface area contributed by atoms with Crippen LogP contribution in [0.2, 0.25) is 0 Å². The number of ether oxygens (including phenoxy) is 1. The van der Waals surface area contributed by atoms with Crippen LogP contribution >= 0.6 is 0 Å². The van der Waals surface area contributed by atoms with Crippen LogP contribution in [0.3, 0.4) is 0 Å². The van der Waals surface area contributed by atoms with E-state index in [-0.39, 0.29) is 11.7 Å². The molecule has 3 aromatic heterocycles. The average molecular weight is 340 g/mol. The second-order valence-electron chi connectivity index (χ2n) is 6.34. The molecule has 0 radical (unpaired) electrons. The highest BCUT2D eigenvalue weighted by Gasteiger charge is 2.25. The number of H-pyrrole nitrogens is 1. The Hall–Kier alpha value is -2.58. The molecule has 4 rings (SSSR count). The van der Waals surface area contributed by atoms with Gasteiger partial charge in [0, 0.05) is 31.9 Å². The quantitative estimate of drug-likeness (QED) is 0.765. The van der Waals surface area contributed by atoms with Gasteiger partial charge in [0.2, 0.25) is 0 Å².